The third-order valence-corrected chi connectivity index (χ3v) is 5.36. The van der Waals surface area contributed by atoms with Gasteiger partial charge in [-0.2, -0.15) is 0 Å². The molecule has 1 aromatic rings. The molecule has 110 valence electrons. The Morgan fingerprint density at radius 3 is 3.25 bits per heavy atom. The first-order chi connectivity index (χ1) is 9.72. The lowest BCUT2D eigenvalue weighted by molar-refractivity contribution is -0.132. The summed E-state index contributed by atoms with van der Waals surface area (Å²) in [6, 6.07) is 4.82. The van der Waals surface area contributed by atoms with Crippen LogP contribution in [-0.4, -0.2) is 55.0 Å². The highest BCUT2D eigenvalue weighted by atomic mass is 32.1. The molecule has 0 aliphatic carbocycles. The maximum atomic E-state index is 12.3. The summed E-state index contributed by atoms with van der Waals surface area (Å²) in [5.74, 6) is 0.988. The van der Waals surface area contributed by atoms with Crippen molar-refractivity contribution in [2.75, 3.05) is 33.2 Å². The smallest absolute Gasteiger partial charge is 0.236 e. The number of rotatable bonds is 4. The molecular weight excluding hydrogens is 270 g/mol. The summed E-state index contributed by atoms with van der Waals surface area (Å²) in [5, 5.41) is 5.63. The van der Waals surface area contributed by atoms with Gasteiger partial charge < -0.3 is 10.2 Å². The van der Waals surface area contributed by atoms with Crippen LogP contribution in [0.1, 0.15) is 17.7 Å². The molecular formula is C15H23N3OS. The highest BCUT2D eigenvalue weighted by molar-refractivity contribution is 7.09. The van der Waals surface area contributed by atoms with Gasteiger partial charge in [-0.15, -0.1) is 11.3 Å². The molecule has 1 N–H and O–H groups in total. The lowest BCUT2D eigenvalue weighted by Crippen LogP contribution is -2.47. The van der Waals surface area contributed by atoms with Crippen molar-refractivity contribution < 1.29 is 4.79 Å². The summed E-state index contributed by atoms with van der Waals surface area (Å²) in [4.78, 5) is 17.7. The van der Waals surface area contributed by atoms with Gasteiger partial charge in [-0.05, 0) is 36.8 Å². The second-order valence-corrected chi connectivity index (χ2v) is 6.99. The summed E-state index contributed by atoms with van der Waals surface area (Å²) in [7, 11) is 1.91. The largest absolute Gasteiger partial charge is 0.340 e. The molecule has 2 aliphatic rings. The van der Waals surface area contributed by atoms with Crippen molar-refractivity contribution in [3.8, 4) is 0 Å². The second kappa shape index (κ2) is 6.24. The highest BCUT2D eigenvalue weighted by Gasteiger charge is 2.33. The molecule has 20 heavy (non-hydrogen) atoms. The Labute approximate surface area is 124 Å². The molecule has 2 unspecified atom stereocenters. The van der Waals surface area contributed by atoms with E-state index in [0.29, 0.717) is 12.6 Å². The topological polar surface area (TPSA) is 35.6 Å². The van der Waals surface area contributed by atoms with Crippen LogP contribution in [0.25, 0.3) is 0 Å². The molecule has 2 fully saturated rings. The summed E-state index contributed by atoms with van der Waals surface area (Å²) < 4.78 is 0. The number of hydrogen-bond acceptors (Lipinski definition) is 4. The van der Waals surface area contributed by atoms with E-state index in [4.69, 9.17) is 0 Å². The van der Waals surface area contributed by atoms with Gasteiger partial charge >= 0.3 is 0 Å². The Balaban J connectivity index is 1.48. The van der Waals surface area contributed by atoms with Gasteiger partial charge in [-0.25, -0.2) is 0 Å². The molecule has 0 bridgehead atoms. The van der Waals surface area contributed by atoms with Crippen molar-refractivity contribution in [1.82, 2.24) is 15.1 Å². The van der Waals surface area contributed by atoms with E-state index in [1.165, 1.54) is 17.7 Å². The van der Waals surface area contributed by atoms with E-state index >= 15 is 0 Å². The van der Waals surface area contributed by atoms with Crippen molar-refractivity contribution in [3.05, 3.63) is 22.4 Å². The normalized spacial score (nSPS) is 26.4. The Bertz CT molecular complexity index is 448. The van der Waals surface area contributed by atoms with E-state index in [0.717, 1.165) is 32.1 Å². The van der Waals surface area contributed by atoms with Crippen LogP contribution >= 0.6 is 11.3 Å². The minimum atomic E-state index is 0.239. The molecule has 0 radical (unpaired) electrons. The van der Waals surface area contributed by atoms with Crippen LogP contribution in [-0.2, 0) is 11.3 Å². The average molecular weight is 293 g/mol. The third kappa shape index (κ3) is 3.22. The summed E-state index contributed by atoms with van der Waals surface area (Å²) in [5.41, 5.74) is 0. The first-order valence-corrected chi connectivity index (χ1v) is 8.32. The number of carbonyl (C=O) groups is 1. The second-order valence-electron chi connectivity index (χ2n) is 5.96. The lowest BCUT2D eigenvalue weighted by atomic mass is 9.93. The quantitative estimate of drug-likeness (QED) is 0.911. The number of carbonyl (C=O) groups excluding carboxylic acids is 1. The molecule has 0 aromatic carbocycles. The van der Waals surface area contributed by atoms with Crippen molar-refractivity contribution >= 4 is 17.2 Å². The van der Waals surface area contributed by atoms with E-state index in [-0.39, 0.29) is 5.91 Å². The third-order valence-electron chi connectivity index (χ3n) is 4.50. The number of fused-ring (bicyclic) bond motifs is 1. The fourth-order valence-electron chi connectivity index (χ4n) is 3.30. The molecule has 2 atom stereocenters. The van der Waals surface area contributed by atoms with Crippen molar-refractivity contribution in [1.29, 1.82) is 0 Å². The summed E-state index contributed by atoms with van der Waals surface area (Å²) in [6.07, 6.45) is 2.45. The van der Waals surface area contributed by atoms with Crippen LogP contribution in [0.4, 0.5) is 0 Å². The maximum absolute atomic E-state index is 12.3. The van der Waals surface area contributed by atoms with Crippen molar-refractivity contribution in [3.63, 3.8) is 0 Å². The molecule has 5 heteroatoms. The number of nitrogens with zero attached hydrogens (tertiary/aromatic N) is 2. The van der Waals surface area contributed by atoms with Gasteiger partial charge in [0, 0.05) is 31.1 Å². The molecule has 4 nitrogen and oxygen atoms in total. The zero-order valence-corrected chi connectivity index (χ0v) is 12.9. The fraction of sp³-hybridized carbons (Fsp3) is 0.667. The van der Waals surface area contributed by atoms with Crippen LogP contribution in [0.2, 0.25) is 0 Å². The molecule has 1 aromatic heterocycles. The number of hydrogen-bond donors (Lipinski definition) is 1. The highest BCUT2D eigenvalue weighted by Crippen LogP contribution is 2.24. The van der Waals surface area contributed by atoms with Gasteiger partial charge in [-0.1, -0.05) is 6.07 Å². The van der Waals surface area contributed by atoms with Crippen LogP contribution in [0.5, 0.6) is 0 Å². The number of thiophene rings is 1. The first-order valence-electron chi connectivity index (χ1n) is 7.44. The predicted octanol–water partition coefficient (Wildman–Crippen LogP) is 1.39. The zero-order chi connectivity index (χ0) is 13.9. The SMILES string of the molecule is CN(Cc1cccs1)C(=O)CN1CCC2NCCC2C1. The van der Waals surface area contributed by atoms with Crippen molar-refractivity contribution in [2.45, 2.75) is 25.4 Å². The predicted molar refractivity (Wildman–Crippen MR) is 81.7 cm³/mol. The van der Waals surface area contributed by atoms with Crippen LogP contribution in [0.15, 0.2) is 17.5 Å². The van der Waals surface area contributed by atoms with E-state index in [1.54, 1.807) is 11.3 Å². The number of piperidine rings is 1. The summed E-state index contributed by atoms with van der Waals surface area (Å²) in [6.45, 7) is 4.58. The fourth-order valence-corrected chi connectivity index (χ4v) is 4.06. The zero-order valence-electron chi connectivity index (χ0n) is 12.0. The number of likely N-dealkylation sites (tertiary alicyclic amines) is 1. The van der Waals surface area contributed by atoms with Gasteiger partial charge in [0.1, 0.15) is 0 Å². The molecule has 0 spiro atoms. The van der Waals surface area contributed by atoms with Crippen LogP contribution in [0, 0.1) is 5.92 Å². The molecule has 3 heterocycles. The molecule has 3 rings (SSSR count). The Morgan fingerprint density at radius 1 is 1.55 bits per heavy atom. The Morgan fingerprint density at radius 2 is 2.45 bits per heavy atom. The van der Waals surface area contributed by atoms with Gasteiger partial charge in [0.25, 0.3) is 0 Å². The number of amides is 1. The molecule has 0 saturated carbocycles. The van der Waals surface area contributed by atoms with E-state index in [9.17, 15) is 4.79 Å². The number of likely N-dealkylation sites (N-methyl/N-ethyl adjacent to an activating group) is 1. The summed E-state index contributed by atoms with van der Waals surface area (Å²) >= 11 is 1.71. The van der Waals surface area contributed by atoms with Gasteiger partial charge in [0.05, 0.1) is 13.1 Å². The van der Waals surface area contributed by atoms with E-state index < -0.39 is 0 Å². The van der Waals surface area contributed by atoms with Gasteiger partial charge in [-0.3, -0.25) is 9.69 Å². The molecule has 2 aliphatic heterocycles. The van der Waals surface area contributed by atoms with Gasteiger partial charge in [0.2, 0.25) is 5.91 Å². The van der Waals surface area contributed by atoms with E-state index in [2.05, 4.69) is 21.7 Å². The minimum absolute atomic E-state index is 0.239. The standard InChI is InChI=1S/C15H23N3OS/c1-17(10-13-3-2-8-20-13)15(19)11-18-7-5-14-12(9-18)4-6-16-14/h2-3,8,12,14,16H,4-7,9-11H2,1H3. The first kappa shape index (κ1) is 14.0. The minimum Gasteiger partial charge on any atom is -0.340 e. The molecule has 1 amide bonds. The maximum Gasteiger partial charge on any atom is 0.236 e. The van der Waals surface area contributed by atoms with Gasteiger partial charge in [0.15, 0.2) is 0 Å². The lowest BCUT2D eigenvalue weighted by Gasteiger charge is -2.35. The Hall–Kier alpha value is -0.910. The van der Waals surface area contributed by atoms with Crippen LogP contribution < -0.4 is 5.32 Å². The van der Waals surface area contributed by atoms with E-state index in [1.807, 2.05) is 18.0 Å². The number of nitrogens with one attached hydrogen (secondary N) is 1. The van der Waals surface area contributed by atoms with Crippen molar-refractivity contribution in [2.24, 2.45) is 5.92 Å². The monoisotopic (exact) mass is 293 g/mol. The average Bonchev–Trinajstić information content (AvgIpc) is 3.08. The van der Waals surface area contributed by atoms with Crippen LogP contribution in [0.3, 0.4) is 0 Å². The Kier molecular flexibility index (Phi) is 4.38. The molecule has 2 saturated heterocycles.